The monoisotopic (exact) mass is 269 g/mol. The van der Waals surface area contributed by atoms with Gasteiger partial charge < -0.3 is 4.74 Å². The number of nitriles is 2. The molecule has 0 radical (unpaired) electrons. The SMILES string of the molecule is N#Cc1ccc(NC(=O)OCC(F)(F)F)cc1C#N. The van der Waals surface area contributed by atoms with Crippen LogP contribution in [-0.4, -0.2) is 18.9 Å². The summed E-state index contributed by atoms with van der Waals surface area (Å²) in [5.41, 5.74) is 0.149. The summed E-state index contributed by atoms with van der Waals surface area (Å²) in [6.45, 7) is -1.71. The smallest absolute Gasteiger partial charge is 0.422 e. The lowest BCUT2D eigenvalue weighted by molar-refractivity contribution is -0.159. The molecule has 0 aliphatic rings. The average Bonchev–Trinajstić information content (AvgIpc) is 2.35. The number of rotatable bonds is 2. The van der Waals surface area contributed by atoms with Gasteiger partial charge in [-0.3, -0.25) is 5.32 Å². The molecule has 98 valence electrons. The van der Waals surface area contributed by atoms with Gasteiger partial charge in [0.15, 0.2) is 6.61 Å². The van der Waals surface area contributed by atoms with Crippen molar-refractivity contribution in [1.29, 1.82) is 10.5 Å². The Labute approximate surface area is 105 Å². The molecule has 5 nitrogen and oxygen atoms in total. The van der Waals surface area contributed by atoms with Crippen molar-refractivity contribution in [3.8, 4) is 12.1 Å². The first kappa shape index (κ1) is 14.3. The molecule has 1 aromatic carbocycles. The van der Waals surface area contributed by atoms with Crippen molar-refractivity contribution in [2.75, 3.05) is 11.9 Å². The molecule has 0 unspecified atom stereocenters. The molecule has 0 aliphatic heterocycles. The number of hydrogen-bond donors (Lipinski definition) is 1. The number of ether oxygens (including phenoxy) is 1. The molecule has 0 bridgehead atoms. The second-order valence-electron chi connectivity index (χ2n) is 3.30. The fourth-order valence-electron chi connectivity index (χ4n) is 1.11. The molecule has 1 N–H and O–H groups in total. The van der Waals surface area contributed by atoms with Gasteiger partial charge >= 0.3 is 12.3 Å². The van der Waals surface area contributed by atoms with Crippen LogP contribution in [0.2, 0.25) is 0 Å². The summed E-state index contributed by atoms with van der Waals surface area (Å²) < 4.78 is 39.3. The summed E-state index contributed by atoms with van der Waals surface area (Å²) in [4.78, 5) is 11.0. The first-order chi connectivity index (χ1) is 8.85. The average molecular weight is 269 g/mol. The topological polar surface area (TPSA) is 85.9 Å². The summed E-state index contributed by atoms with van der Waals surface area (Å²) in [5, 5.41) is 19.4. The third-order valence-electron chi connectivity index (χ3n) is 1.87. The van der Waals surface area contributed by atoms with E-state index in [9.17, 15) is 18.0 Å². The van der Waals surface area contributed by atoms with Gasteiger partial charge in [-0.25, -0.2) is 4.79 Å². The molecule has 0 aliphatic carbocycles. The van der Waals surface area contributed by atoms with Gasteiger partial charge in [0.1, 0.15) is 12.1 Å². The van der Waals surface area contributed by atoms with Gasteiger partial charge in [0.2, 0.25) is 0 Å². The fraction of sp³-hybridized carbons (Fsp3) is 0.182. The molecule has 0 aromatic heterocycles. The minimum atomic E-state index is -4.61. The molecule has 8 heteroatoms. The van der Waals surface area contributed by atoms with Crippen molar-refractivity contribution in [3.63, 3.8) is 0 Å². The number of hydrogen-bond acceptors (Lipinski definition) is 4. The van der Waals surface area contributed by atoms with Crippen molar-refractivity contribution in [1.82, 2.24) is 0 Å². The van der Waals surface area contributed by atoms with Crippen LogP contribution in [0, 0.1) is 22.7 Å². The Kier molecular flexibility index (Phi) is 4.32. The summed E-state index contributed by atoms with van der Waals surface area (Å²) in [5.74, 6) is 0. The van der Waals surface area contributed by atoms with Crippen molar-refractivity contribution < 1.29 is 22.7 Å². The highest BCUT2D eigenvalue weighted by Crippen LogP contribution is 2.17. The highest BCUT2D eigenvalue weighted by atomic mass is 19.4. The number of halogens is 3. The molecule has 19 heavy (non-hydrogen) atoms. The van der Waals surface area contributed by atoms with Crippen LogP contribution in [0.4, 0.5) is 23.7 Å². The minimum absolute atomic E-state index is 0.00359. The molecular formula is C11H6F3N3O2. The van der Waals surface area contributed by atoms with Crippen LogP contribution in [-0.2, 0) is 4.74 Å². The van der Waals surface area contributed by atoms with Crippen LogP contribution in [0.25, 0.3) is 0 Å². The molecule has 0 fully saturated rings. The Morgan fingerprint density at radius 2 is 1.89 bits per heavy atom. The van der Waals surface area contributed by atoms with Crippen LogP contribution < -0.4 is 5.32 Å². The van der Waals surface area contributed by atoms with Gasteiger partial charge in [-0.15, -0.1) is 0 Å². The second kappa shape index (κ2) is 5.74. The van der Waals surface area contributed by atoms with Gasteiger partial charge in [0.05, 0.1) is 11.1 Å². The predicted octanol–water partition coefficient (Wildman–Crippen LogP) is 2.54. The van der Waals surface area contributed by atoms with Gasteiger partial charge in [0, 0.05) is 5.69 Å². The van der Waals surface area contributed by atoms with E-state index in [4.69, 9.17) is 10.5 Å². The van der Waals surface area contributed by atoms with Crippen LogP contribution in [0.15, 0.2) is 18.2 Å². The summed E-state index contributed by atoms with van der Waals surface area (Å²) in [7, 11) is 0. The van der Waals surface area contributed by atoms with Crippen LogP contribution in [0.1, 0.15) is 11.1 Å². The Bertz CT molecular complexity index is 570. The van der Waals surface area contributed by atoms with Crippen molar-refractivity contribution in [2.45, 2.75) is 6.18 Å². The lowest BCUT2D eigenvalue weighted by atomic mass is 10.1. The molecule has 0 atom stereocenters. The summed E-state index contributed by atoms with van der Waals surface area (Å²) >= 11 is 0. The van der Waals surface area contributed by atoms with Crippen molar-refractivity contribution in [2.24, 2.45) is 0 Å². The fourth-order valence-corrected chi connectivity index (χ4v) is 1.11. The van der Waals surface area contributed by atoms with Crippen LogP contribution >= 0.6 is 0 Å². The molecule has 1 amide bonds. The third kappa shape index (κ3) is 4.56. The van der Waals surface area contributed by atoms with E-state index in [0.717, 1.165) is 6.07 Å². The molecule has 0 spiro atoms. The Morgan fingerprint density at radius 3 is 2.42 bits per heavy atom. The molecule has 1 aromatic rings. The maximum absolute atomic E-state index is 11.8. The summed E-state index contributed by atoms with van der Waals surface area (Å²) in [6, 6.07) is 7.17. The van der Waals surface area contributed by atoms with E-state index in [-0.39, 0.29) is 16.8 Å². The van der Waals surface area contributed by atoms with Crippen LogP contribution in [0.5, 0.6) is 0 Å². The first-order valence-corrected chi connectivity index (χ1v) is 4.80. The van der Waals surface area contributed by atoms with E-state index >= 15 is 0 Å². The van der Waals surface area contributed by atoms with E-state index in [2.05, 4.69) is 4.74 Å². The van der Waals surface area contributed by atoms with E-state index in [1.54, 1.807) is 12.1 Å². The summed E-state index contributed by atoms with van der Waals surface area (Å²) in [6.07, 6.45) is -5.91. The normalized spacial score (nSPS) is 10.2. The Morgan fingerprint density at radius 1 is 1.26 bits per heavy atom. The second-order valence-corrected chi connectivity index (χ2v) is 3.30. The third-order valence-corrected chi connectivity index (χ3v) is 1.87. The lowest BCUT2D eigenvalue weighted by Gasteiger charge is -2.09. The van der Waals surface area contributed by atoms with Crippen LogP contribution in [0.3, 0.4) is 0 Å². The first-order valence-electron chi connectivity index (χ1n) is 4.80. The van der Waals surface area contributed by atoms with Gasteiger partial charge in [-0.05, 0) is 18.2 Å². The standard InChI is InChI=1S/C11H6F3N3O2/c12-11(13,14)6-19-10(18)17-9-2-1-7(4-15)8(3-9)5-16/h1-3H,6H2,(H,17,18). The lowest BCUT2D eigenvalue weighted by Crippen LogP contribution is -2.23. The van der Waals surface area contributed by atoms with Crippen molar-refractivity contribution in [3.05, 3.63) is 29.3 Å². The zero-order valence-corrected chi connectivity index (χ0v) is 9.28. The van der Waals surface area contributed by atoms with Crippen molar-refractivity contribution >= 4 is 11.8 Å². The number of alkyl halides is 3. The molecule has 0 heterocycles. The molecule has 1 rings (SSSR count). The Hall–Kier alpha value is -2.74. The number of anilines is 1. The molecule has 0 saturated heterocycles. The number of nitrogens with one attached hydrogen (secondary N) is 1. The maximum atomic E-state index is 11.8. The maximum Gasteiger partial charge on any atom is 0.422 e. The molecule has 0 saturated carbocycles. The number of carbonyl (C=O) groups excluding carboxylic acids is 1. The van der Waals surface area contributed by atoms with Gasteiger partial charge in [-0.2, -0.15) is 23.7 Å². The van der Waals surface area contributed by atoms with E-state index in [1.807, 2.05) is 5.32 Å². The highest BCUT2D eigenvalue weighted by molar-refractivity contribution is 5.85. The van der Waals surface area contributed by atoms with E-state index in [1.165, 1.54) is 12.1 Å². The zero-order chi connectivity index (χ0) is 14.5. The quantitative estimate of drug-likeness (QED) is 0.893. The number of amides is 1. The predicted molar refractivity (Wildman–Crippen MR) is 56.9 cm³/mol. The Balaban J connectivity index is 2.71. The highest BCUT2D eigenvalue weighted by Gasteiger charge is 2.29. The minimum Gasteiger partial charge on any atom is -0.440 e. The van der Waals surface area contributed by atoms with E-state index in [0.29, 0.717) is 0 Å². The number of carbonyl (C=O) groups is 1. The number of nitrogens with zero attached hydrogens (tertiary/aromatic N) is 2. The van der Waals surface area contributed by atoms with Gasteiger partial charge in [-0.1, -0.05) is 0 Å². The van der Waals surface area contributed by atoms with E-state index < -0.39 is 18.9 Å². The largest absolute Gasteiger partial charge is 0.440 e. The zero-order valence-electron chi connectivity index (χ0n) is 9.28. The molecular weight excluding hydrogens is 263 g/mol. The van der Waals surface area contributed by atoms with Gasteiger partial charge in [0.25, 0.3) is 0 Å². The number of benzene rings is 1.